The van der Waals surface area contributed by atoms with Gasteiger partial charge in [-0.3, -0.25) is 0 Å². The van der Waals surface area contributed by atoms with Crippen LogP contribution in [-0.2, 0) is 8.85 Å². The van der Waals surface area contributed by atoms with Crippen LogP contribution >= 0.6 is 0 Å². The molecule has 5 heteroatoms. The highest BCUT2D eigenvalue weighted by Crippen LogP contribution is 1.96. The number of rotatable bonds is 9. The lowest BCUT2D eigenvalue weighted by atomic mass is 10.1. The van der Waals surface area contributed by atoms with Gasteiger partial charge in [-0.1, -0.05) is 6.92 Å². The maximum Gasteiger partial charge on any atom is 0.433 e. The maximum atomic E-state index is 5.40. The Morgan fingerprint density at radius 2 is 2.31 bits per heavy atom. The van der Waals surface area contributed by atoms with Gasteiger partial charge in [0, 0.05) is 32.8 Å². The minimum atomic E-state index is 0.166. The molecular formula is C8H20N2O2Si. The van der Waals surface area contributed by atoms with Crippen molar-refractivity contribution in [1.82, 2.24) is 5.32 Å². The van der Waals surface area contributed by atoms with Crippen LogP contribution in [0, 0.1) is 0 Å². The van der Waals surface area contributed by atoms with Gasteiger partial charge < -0.3 is 19.9 Å². The Morgan fingerprint density at radius 1 is 1.54 bits per heavy atom. The van der Waals surface area contributed by atoms with Gasteiger partial charge in [0.25, 0.3) is 0 Å². The van der Waals surface area contributed by atoms with E-state index in [0.29, 0.717) is 12.6 Å². The summed E-state index contributed by atoms with van der Waals surface area (Å²) < 4.78 is 10.0. The molecule has 0 saturated heterocycles. The lowest BCUT2D eigenvalue weighted by molar-refractivity contribution is 0.238. The molecular weight excluding hydrogens is 184 g/mol. The normalized spacial score (nSPS) is 13.2. The number of nitrogens with one attached hydrogen (secondary N) is 1. The van der Waals surface area contributed by atoms with E-state index < -0.39 is 0 Å². The zero-order chi connectivity index (χ0) is 9.94. The van der Waals surface area contributed by atoms with Crippen molar-refractivity contribution < 1.29 is 8.85 Å². The first-order chi connectivity index (χ1) is 6.35. The van der Waals surface area contributed by atoms with Crippen molar-refractivity contribution in [3.63, 3.8) is 0 Å². The summed E-state index contributed by atoms with van der Waals surface area (Å²) in [5.74, 6) is 0. The Bertz CT molecular complexity index is 106. The lowest BCUT2D eigenvalue weighted by Gasteiger charge is -2.15. The van der Waals surface area contributed by atoms with Crippen LogP contribution in [0.25, 0.3) is 0 Å². The third-order valence-corrected chi connectivity index (χ3v) is 2.27. The van der Waals surface area contributed by atoms with E-state index in [0.717, 1.165) is 26.0 Å². The van der Waals surface area contributed by atoms with Gasteiger partial charge in [-0.2, -0.15) is 0 Å². The van der Waals surface area contributed by atoms with Gasteiger partial charge in [0.15, 0.2) is 0 Å². The fourth-order valence-corrected chi connectivity index (χ4v) is 1.36. The number of hydrogen-bond acceptors (Lipinski definition) is 4. The molecule has 0 bridgehead atoms. The van der Waals surface area contributed by atoms with E-state index in [1.165, 1.54) is 0 Å². The molecule has 0 saturated carbocycles. The van der Waals surface area contributed by atoms with Crippen molar-refractivity contribution in [3.05, 3.63) is 0 Å². The van der Waals surface area contributed by atoms with Crippen molar-refractivity contribution in [3.8, 4) is 0 Å². The van der Waals surface area contributed by atoms with Gasteiger partial charge in [0.2, 0.25) is 0 Å². The minimum absolute atomic E-state index is 0.166. The van der Waals surface area contributed by atoms with E-state index >= 15 is 0 Å². The summed E-state index contributed by atoms with van der Waals surface area (Å²) in [6.07, 6.45) is 2.13. The molecule has 0 heterocycles. The predicted molar refractivity (Wildman–Crippen MR) is 54.5 cm³/mol. The van der Waals surface area contributed by atoms with Gasteiger partial charge >= 0.3 is 10.0 Å². The minimum Gasteiger partial charge on any atom is -0.396 e. The summed E-state index contributed by atoms with van der Waals surface area (Å²) in [6.45, 7) is 4.48. The van der Waals surface area contributed by atoms with Crippen molar-refractivity contribution in [2.24, 2.45) is 5.73 Å². The standard InChI is InChI=1S/C8H20N2O2Si/c1-3-8(10-6-5-9)4-7-12-13-11-2/h8,10H,3-7,9H2,1-2H3. The number of hydrogen-bond donors (Lipinski definition) is 2. The zero-order valence-corrected chi connectivity index (χ0v) is 9.51. The van der Waals surface area contributed by atoms with E-state index in [1.807, 2.05) is 0 Å². The lowest BCUT2D eigenvalue weighted by Crippen LogP contribution is -2.33. The van der Waals surface area contributed by atoms with E-state index in [4.69, 9.17) is 14.6 Å². The van der Waals surface area contributed by atoms with Gasteiger partial charge in [0.1, 0.15) is 0 Å². The van der Waals surface area contributed by atoms with Gasteiger partial charge in [-0.05, 0) is 12.8 Å². The molecule has 0 rings (SSSR count). The molecule has 1 unspecified atom stereocenters. The van der Waals surface area contributed by atoms with E-state index in [9.17, 15) is 0 Å². The highest BCUT2D eigenvalue weighted by atomic mass is 28.3. The van der Waals surface area contributed by atoms with E-state index in [-0.39, 0.29) is 10.0 Å². The van der Waals surface area contributed by atoms with Crippen molar-refractivity contribution >= 4 is 10.0 Å². The molecule has 0 amide bonds. The highest BCUT2D eigenvalue weighted by Gasteiger charge is 2.04. The van der Waals surface area contributed by atoms with Crippen molar-refractivity contribution in [2.75, 3.05) is 26.8 Å². The van der Waals surface area contributed by atoms with Gasteiger partial charge in [0.05, 0.1) is 0 Å². The summed E-state index contributed by atoms with van der Waals surface area (Å²) in [4.78, 5) is 0. The highest BCUT2D eigenvalue weighted by molar-refractivity contribution is 6.17. The Hall–Kier alpha value is 0.0569. The summed E-state index contributed by atoms with van der Waals surface area (Å²) in [5.41, 5.74) is 5.40. The van der Waals surface area contributed by atoms with Crippen LogP contribution in [0.15, 0.2) is 0 Å². The molecule has 0 aliphatic rings. The molecule has 78 valence electrons. The molecule has 0 aromatic carbocycles. The topological polar surface area (TPSA) is 56.5 Å². The van der Waals surface area contributed by atoms with Crippen LogP contribution < -0.4 is 11.1 Å². The van der Waals surface area contributed by atoms with Crippen LogP contribution in [0.2, 0.25) is 0 Å². The first kappa shape index (κ1) is 13.1. The molecule has 0 aromatic rings. The SMILES string of the molecule is CCC(CCO[Si]OC)NCCN. The smallest absolute Gasteiger partial charge is 0.396 e. The fourth-order valence-electron chi connectivity index (χ4n) is 1.04. The fraction of sp³-hybridized carbons (Fsp3) is 1.00. The first-order valence-electron chi connectivity index (χ1n) is 4.68. The molecule has 2 radical (unpaired) electrons. The molecule has 0 aliphatic carbocycles. The molecule has 3 N–H and O–H groups in total. The largest absolute Gasteiger partial charge is 0.433 e. The molecule has 13 heavy (non-hydrogen) atoms. The average molecular weight is 204 g/mol. The molecule has 0 fully saturated rings. The Labute approximate surface area is 83.2 Å². The Kier molecular flexibility index (Phi) is 10.2. The molecule has 4 nitrogen and oxygen atoms in total. The molecule has 0 aromatic heterocycles. The maximum absolute atomic E-state index is 5.40. The third-order valence-electron chi connectivity index (χ3n) is 1.78. The summed E-state index contributed by atoms with van der Waals surface area (Å²) in [6, 6.07) is 0.519. The molecule has 0 aliphatic heterocycles. The van der Waals surface area contributed by atoms with Crippen LogP contribution in [0.5, 0.6) is 0 Å². The van der Waals surface area contributed by atoms with Crippen LogP contribution in [0.4, 0.5) is 0 Å². The van der Waals surface area contributed by atoms with Crippen molar-refractivity contribution in [2.45, 2.75) is 25.8 Å². The van der Waals surface area contributed by atoms with Gasteiger partial charge in [-0.15, -0.1) is 0 Å². The summed E-state index contributed by atoms with van der Waals surface area (Å²) in [5, 5.41) is 3.35. The number of nitrogens with two attached hydrogens (primary N) is 1. The second-order valence-corrected chi connectivity index (χ2v) is 3.64. The second-order valence-electron chi connectivity index (χ2n) is 2.77. The van der Waals surface area contributed by atoms with E-state index in [2.05, 4.69) is 12.2 Å². The molecule has 0 spiro atoms. The first-order valence-corrected chi connectivity index (χ1v) is 5.50. The van der Waals surface area contributed by atoms with Crippen LogP contribution in [-0.4, -0.2) is 42.9 Å². The monoisotopic (exact) mass is 204 g/mol. The van der Waals surface area contributed by atoms with Crippen LogP contribution in [0.3, 0.4) is 0 Å². The summed E-state index contributed by atoms with van der Waals surface area (Å²) >= 11 is 0. The predicted octanol–water partition coefficient (Wildman–Crippen LogP) is -0.0994. The van der Waals surface area contributed by atoms with Gasteiger partial charge in [-0.25, -0.2) is 0 Å². The second kappa shape index (κ2) is 10.1. The third kappa shape index (κ3) is 8.39. The quantitative estimate of drug-likeness (QED) is 0.407. The van der Waals surface area contributed by atoms with E-state index in [1.54, 1.807) is 7.11 Å². The Morgan fingerprint density at radius 3 is 2.85 bits per heavy atom. The molecule has 1 atom stereocenters. The summed E-state index contributed by atoms with van der Waals surface area (Å²) in [7, 11) is 1.81. The van der Waals surface area contributed by atoms with Crippen LogP contribution in [0.1, 0.15) is 19.8 Å². The average Bonchev–Trinajstić information content (AvgIpc) is 2.17. The zero-order valence-electron chi connectivity index (χ0n) is 8.51. The van der Waals surface area contributed by atoms with Crippen molar-refractivity contribution in [1.29, 1.82) is 0 Å². The Balaban J connectivity index is 3.25.